The van der Waals surface area contributed by atoms with Crippen molar-refractivity contribution >= 4 is 5.97 Å². The van der Waals surface area contributed by atoms with Crippen molar-refractivity contribution in [3.63, 3.8) is 0 Å². The molecule has 0 aromatic heterocycles. The van der Waals surface area contributed by atoms with Crippen molar-refractivity contribution in [1.29, 1.82) is 0 Å². The van der Waals surface area contributed by atoms with E-state index in [0.29, 0.717) is 12.0 Å². The Bertz CT molecular complexity index is 276. The molecule has 1 aliphatic rings. The second kappa shape index (κ2) is 6.55. The zero-order valence-corrected chi connectivity index (χ0v) is 12.4. The van der Waals surface area contributed by atoms with E-state index in [2.05, 4.69) is 32.6 Å². The van der Waals surface area contributed by atoms with E-state index in [1.54, 1.807) is 0 Å². The molecule has 1 fully saturated rings. The van der Waals surface area contributed by atoms with Crippen LogP contribution in [0.25, 0.3) is 0 Å². The number of carboxylic acids is 1. The molecule has 1 aliphatic heterocycles. The van der Waals surface area contributed by atoms with Crippen LogP contribution in [0, 0.1) is 11.3 Å². The van der Waals surface area contributed by atoms with E-state index < -0.39 is 11.4 Å². The largest absolute Gasteiger partial charge is 0.481 e. The Hall–Kier alpha value is -0.570. The Labute approximate surface area is 112 Å². The minimum atomic E-state index is -0.592. The van der Waals surface area contributed by atoms with Crippen LogP contribution in [0.5, 0.6) is 0 Å². The molecule has 18 heavy (non-hydrogen) atoms. The van der Waals surface area contributed by atoms with Gasteiger partial charge in [-0.25, -0.2) is 0 Å². The lowest BCUT2D eigenvalue weighted by Crippen LogP contribution is -2.52. The fourth-order valence-electron chi connectivity index (χ4n) is 3.18. The lowest BCUT2D eigenvalue weighted by atomic mass is 9.75. The lowest BCUT2D eigenvalue weighted by molar-refractivity contribution is -0.154. The lowest BCUT2D eigenvalue weighted by Gasteiger charge is -2.44. The molecule has 3 heteroatoms. The molecular formula is C15H29NO2. The normalized spacial score (nSPS) is 28.9. The highest BCUT2D eigenvalue weighted by atomic mass is 16.4. The molecule has 0 spiro atoms. The minimum absolute atomic E-state index is 0.491. The van der Waals surface area contributed by atoms with Gasteiger partial charge < -0.3 is 5.11 Å². The van der Waals surface area contributed by atoms with Gasteiger partial charge in [-0.15, -0.1) is 0 Å². The molecule has 3 atom stereocenters. The van der Waals surface area contributed by atoms with Crippen molar-refractivity contribution < 1.29 is 9.90 Å². The van der Waals surface area contributed by atoms with E-state index >= 15 is 0 Å². The molecule has 0 bridgehead atoms. The van der Waals surface area contributed by atoms with Crippen LogP contribution in [0.4, 0.5) is 0 Å². The minimum Gasteiger partial charge on any atom is -0.481 e. The number of likely N-dealkylation sites (tertiary alicyclic amines) is 1. The van der Waals surface area contributed by atoms with E-state index in [9.17, 15) is 9.90 Å². The molecule has 106 valence electrons. The second-order valence-corrected chi connectivity index (χ2v) is 6.04. The van der Waals surface area contributed by atoms with Gasteiger partial charge in [0.05, 0.1) is 5.41 Å². The zero-order valence-electron chi connectivity index (χ0n) is 12.4. The summed E-state index contributed by atoms with van der Waals surface area (Å²) in [6.45, 7) is 10.6. The van der Waals surface area contributed by atoms with Gasteiger partial charge in [-0.2, -0.15) is 0 Å². The molecule has 0 amide bonds. The van der Waals surface area contributed by atoms with Gasteiger partial charge in [-0.1, -0.05) is 33.6 Å². The van der Waals surface area contributed by atoms with Gasteiger partial charge in [0.15, 0.2) is 0 Å². The van der Waals surface area contributed by atoms with Crippen LogP contribution in [0.1, 0.15) is 59.8 Å². The number of carboxylic acid groups (broad SMARTS) is 1. The third kappa shape index (κ3) is 3.25. The van der Waals surface area contributed by atoms with E-state index in [-0.39, 0.29) is 0 Å². The summed E-state index contributed by atoms with van der Waals surface area (Å²) in [6.07, 6.45) is 4.79. The average Bonchev–Trinajstić information content (AvgIpc) is 2.37. The van der Waals surface area contributed by atoms with Crippen LogP contribution in [0.15, 0.2) is 0 Å². The maximum atomic E-state index is 11.6. The molecule has 0 aromatic carbocycles. The topological polar surface area (TPSA) is 40.5 Å². The number of nitrogens with zero attached hydrogens (tertiary/aromatic N) is 1. The highest BCUT2D eigenvalue weighted by molar-refractivity contribution is 5.75. The van der Waals surface area contributed by atoms with Crippen molar-refractivity contribution in [3.05, 3.63) is 0 Å². The number of rotatable bonds is 6. The molecule has 0 saturated carbocycles. The Morgan fingerprint density at radius 2 is 2.06 bits per heavy atom. The maximum absolute atomic E-state index is 11.6. The summed E-state index contributed by atoms with van der Waals surface area (Å²) >= 11 is 0. The standard InChI is InChI=1S/C15H29NO2/c1-5-8-15(14(17)18)9-7-10-16(11-15)13(4)12(3)6-2/h12-13H,5-11H2,1-4H3,(H,17,18). The summed E-state index contributed by atoms with van der Waals surface area (Å²) in [5.41, 5.74) is -0.491. The van der Waals surface area contributed by atoms with Crippen LogP contribution in [0.2, 0.25) is 0 Å². The molecule has 0 aromatic rings. The highest BCUT2D eigenvalue weighted by Gasteiger charge is 2.42. The average molecular weight is 255 g/mol. The van der Waals surface area contributed by atoms with Crippen molar-refractivity contribution in [1.82, 2.24) is 4.90 Å². The van der Waals surface area contributed by atoms with Crippen molar-refractivity contribution in [2.24, 2.45) is 11.3 Å². The van der Waals surface area contributed by atoms with Crippen LogP contribution < -0.4 is 0 Å². The smallest absolute Gasteiger partial charge is 0.310 e. The Morgan fingerprint density at radius 3 is 2.56 bits per heavy atom. The molecule has 3 nitrogen and oxygen atoms in total. The summed E-state index contributed by atoms with van der Waals surface area (Å²) in [7, 11) is 0. The third-order valence-electron chi connectivity index (χ3n) is 4.83. The fourth-order valence-corrected chi connectivity index (χ4v) is 3.18. The van der Waals surface area contributed by atoms with Gasteiger partial charge >= 0.3 is 5.97 Å². The van der Waals surface area contributed by atoms with Gasteiger partial charge in [-0.05, 0) is 38.6 Å². The Balaban J connectivity index is 2.77. The van der Waals surface area contributed by atoms with Gasteiger partial charge in [-0.3, -0.25) is 9.69 Å². The highest BCUT2D eigenvalue weighted by Crippen LogP contribution is 2.36. The number of aliphatic carboxylic acids is 1. The van der Waals surface area contributed by atoms with Crippen molar-refractivity contribution in [2.45, 2.75) is 65.8 Å². The molecule has 3 unspecified atom stereocenters. The summed E-state index contributed by atoms with van der Waals surface area (Å²) < 4.78 is 0. The summed E-state index contributed by atoms with van der Waals surface area (Å²) in [5, 5.41) is 9.59. The zero-order chi connectivity index (χ0) is 13.8. The predicted octanol–water partition coefficient (Wildman–Crippen LogP) is 3.39. The van der Waals surface area contributed by atoms with Crippen LogP contribution in [-0.2, 0) is 4.79 Å². The molecule has 1 saturated heterocycles. The van der Waals surface area contributed by atoms with Gasteiger partial charge in [0.2, 0.25) is 0 Å². The van der Waals surface area contributed by atoms with Crippen molar-refractivity contribution in [3.8, 4) is 0 Å². The summed E-state index contributed by atoms with van der Waals surface area (Å²) in [6, 6.07) is 0.492. The summed E-state index contributed by atoms with van der Waals surface area (Å²) in [4.78, 5) is 14.1. The number of hydrogen-bond acceptors (Lipinski definition) is 2. The van der Waals surface area contributed by atoms with Gasteiger partial charge in [0.1, 0.15) is 0 Å². The quantitative estimate of drug-likeness (QED) is 0.791. The van der Waals surface area contributed by atoms with Crippen LogP contribution in [-0.4, -0.2) is 35.1 Å². The Morgan fingerprint density at radius 1 is 1.39 bits per heavy atom. The first-order chi connectivity index (χ1) is 8.46. The number of carbonyl (C=O) groups is 1. The van der Waals surface area contributed by atoms with Gasteiger partial charge in [0, 0.05) is 12.6 Å². The third-order valence-corrected chi connectivity index (χ3v) is 4.83. The molecular weight excluding hydrogens is 226 g/mol. The van der Waals surface area contributed by atoms with Crippen LogP contribution >= 0.6 is 0 Å². The Kier molecular flexibility index (Phi) is 5.64. The van der Waals surface area contributed by atoms with E-state index in [4.69, 9.17) is 0 Å². The molecule has 0 aliphatic carbocycles. The first-order valence-electron chi connectivity index (χ1n) is 7.44. The van der Waals surface area contributed by atoms with Gasteiger partial charge in [0.25, 0.3) is 0 Å². The molecule has 0 radical (unpaired) electrons. The number of hydrogen-bond donors (Lipinski definition) is 1. The van der Waals surface area contributed by atoms with E-state index in [1.807, 2.05) is 0 Å². The molecule has 1 heterocycles. The first kappa shape index (κ1) is 15.5. The summed E-state index contributed by atoms with van der Waals surface area (Å²) in [5.74, 6) is 0.0432. The predicted molar refractivity (Wildman–Crippen MR) is 74.7 cm³/mol. The van der Waals surface area contributed by atoms with E-state index in [0.717, 1.165) is 45.2 Å². The fraction of sp³-hybridized carbons (Fsp3) is 0.933. The molecule has 1 N–H and O–H groups in total. The second-order valence-electron chi connectivity index (χ2n) is 6.04. The number of piperidine rings is 1. The van der Waals surface area contributed by atoms with Crippen LogP contribution in [0.3, 0.4) is 0 Å². The monoisotopic (exact) mass is 255 g/mol. The van der Waals surface area contributed by atoms with E-state index in [1.165, 1.54) is 0 Å². The molecule has 1 rings (SSSR count). The SMILES string of the molecule is CCCC1(C(=O)O)CCCN(C(C)C(C)CC)C1. The van der Waals surface area contributed by atoms with Crippen molar-refractivity contribution in [2.75, 3.05) is 13.1 Å². The maximum Gasteiger partial charge on any atom is 0.310 e. The first-order valence-corrected chi connectivity index (χ1v) is 7.44.